The van der Waals surface area contributed by atoms with Crippen LogP contribution < -0.4 is 10.2 Å². The lowest BCUT2D eigenvalue weighted by molar-refractivity contribution is 0.0396. The molecular formula is C19H21N5O2S. The maximum atomic E-state index is 12.5. The highest BCUT2D eigenvalue weighted by Gasteiger charge is 2.30. The molecule has 0 aromatic carbocycles. The van der Waals surface area contributed by atoms with Crippen molar-refractivity contribution in [2.45, 2.75) is 20.0 Å². The second kappa shape index (κ2) is 7.21. The van der Waals surface area contributed by atoms with Crippen LogP contribution in [-0.4, -0.2) is 47.6 Å². The van der Waals surface area contributed by atoms with E-state index in [1.165, 1.54) is 11.3 Å². The van der Waals surface area contributed by atoms with Crippen molar-refractivity contribution in [1.82, 2.24) is 20.3 Å². The van der Waals surface area contributed by atoms with Crippen molar-refractivity contribution >= 4 is 33.4 Å². The topological polar surface area (TPSA) is 80.2 Å². The molecule has 1 amide bonds. The van der Waals surface area contributed by atoms with Crippen LogP contribution in [0.15, 0.2) is 24.4 Å². The van der Waals surface area contributed by atoms with Crippen LogP contribution in [0.5, 0.6) is 0 Å². The molecule has 1 atom stereocenters. The van der Waals surface area contributed by atoms with Gasteiger partial charge < -0.3 is 15.0 Å². The fraction of sp³-hybridized carbons (Fsp3) is 0.368. The van der Waals surface area contributed by atoms with Gasteiger partial charge >= 0.3 is 0 Å². The first-order valence-corrected chi connectivity index (χ1v) is 9.67. The number of anilines is 1. The molecule has 4 heterocycles. The Labute approximate surface area is 161 Å². The van der Waals surface area contributed by atoms with Crippen molar-refractivity contribution in [3.05, 3.63) is 46.2 Å². The van der Waals surface area contributed by atoms with Gasteiger partial charge in [-0.15, -0.1) is 11.3 Å². The Kier molecular flexibility index (Phi) is 4.75. The lowest BCUT2D eigenvalue weighted by atomic mass is 10.0. The number of hydrogen-bond donors (Lipinski definition) is 1. The standard InChI is InChI=1S/C19H21N5O2S/c1-11-9-12(2)23-19(22-11)24-7-8-26-14(10-24)15-13-5-4-6-21-18(13)27-16(15)17(25)20-3/h4-6,9,14H,7-8,10H2,1-3H3,(H,20,25)/t14-/m0/s1. The van der Waals surface area contributed by atoms with E-state index in [0.717, 1.165) is 33.7 Å². The molecule has 0 saturated carbocycles. The van der Waals surface area contributed by atoms with E-state index in [2.05, 4.69) is 25.2 Å². The largest absolute Gasteiger partial charge is 0.370 e. The first kappa shape index (κ1) is 17.8. The summed E-state index contributed by atoms with van der Waals surface area (Å²) < 4.78 is 6.08. The predicted octanol–water partition coefficient (Wildman–Crippen LogP) is 2.64. The third-order valence-electron chi connectivity index (χ3n) is 4.58. The molecule has 1 saturated heterocycles. The fourth-order valence-corrected chi connectivity index (χ4v) is 4.55. The second-order valence-corrected chi connectivity index (χ2v) is 7.54. The highest BCUT2D eigenvalue weighted by Crippen LogP contribution is 2.37. The molecule has 8 heteroatoms. The summed E-state index contributed by atoms with van der Waals surface area (Å²) >= 11 is 1.40. The van der Waals surface area contributed by atoms with Gasteiger partial charge in [-0.05, 0) is 26.0 Å². The second-order valence-electron chi connectivity index (χ2n) is 6.54. The van der Waals surface area contributed by atoms with E-state index < -0.39 is 0 Å². The zero-order valence-corrected chi connectivity index (χ0v) is 16.3. The number of aromatic nitrogens is 3. The van der Waals surface area contributed by atoms with Crippen molar-refractivity contribution in [2.24, 2.45) is 0 Å². The van der Waals surface area contributed by atoms with E-state index in [1.54, 1.807) is 13.2 Å². The van der Waals surface area contributed by atoms with Crippen LogP contribution >= 0.6 is 11.3 Å². The number of carbonyl (C=O) groups excluding carboxylic acids is 1. The molecule has 0 radical (unpaired) electrons. The third kappa shape index (κ3) is 3.38. The molecule has 4 rings (SSSR count). The number of rotatable bonds is 3. The monoisotopic (exact) mass is 383 g/mol. The number of amides is 1. The lowest BCUT2D eigenvalue weighted by Gasteiger charge is -2.33. The van der Waals surface area contributed by atoms with Crippen LogP contribution in [0, 0.1) is 13.8 Å². The number of ether oxygens (including phenoxy) is 1. The van der Waals surface area contributed by atoms with Gasteiger partial charge in [-0.1, -0.05) is 6.07 Å². The third-order valence-corrected chi connectivity index (χ3v) is 5.71. The number of hydrogen-bond acceptors (Lipinski definition) is 7. The van der Waals surface area contributed by atoms with E-state index in [-0.39, 0.29) is 12.0 Å². The number of nitrogens with one attached hydrogen (secondary N) is 1. The Bertz CT molecular complexity index is 983. The number of aryl methyl sites for hydroxylation is 2. The van der Waals surface area contributed by atoms with Gasteiger partial charge in [0.05, 0.1) is 13.2 Å². The molecule has 0 aliphatic carbocycles. The molecule has 3 aromatic rings. The molecule has 27 heavy (non-hydrogen) atoms. The van der Waals surface area contributed by atoms with Crippen molar-refractivity contribution in [3.8, 4) is 0 Å². The van der Waals surface area contributed by atoms with Gasteiger partial charge in [0.15, 0.2) is 0 Å². The highest BCUT2D eigenvalue weighted by atomic mass is 32.1. The maximum Gasteiger partial charge on any atom is 0.261 e. The van der Waals surface area contributed by atoms with Crippen LogP contribution in [0.25, 0.3) is 10.2 Å². The molecule has 0 spiro atoms. The summed E-state index contributed by atoms with van der Waals surface area (Å²) in [4.78, 5) is 29.7. The minimum atomic E-state index is -0.242. The summed E-state index contributed by atoms with van der Waals surface area (Å²) in [6.07, 6.45) is 1.50. The van der Waals surface area contributed by atoms with Crippen LogP contribution in [0.3, 0.4) is 0 Å². The minimum absolute atomic E-state index is 0.114. The SMILES string of the molecule is CNC(=O)c1sc2ncccc2c1[C@@H]1CN(c2nc(C)cc(C)n2)CCO1. The van der Waals surface area contributed by atoms with E-state index >= 15 is 0 Å². The molecule has 0 bridgehead atoms. The highest BCUT2D eigenvalue weighted by molar-refractivity contribution is 7.20. The quantitative estimate of drug-likeness (QED) is 0.749. The Morgan fingerprint density at radius 1 is 1.33 bits per heavy atom. The van der Waals surface area contributed by atoms with Crippen molar-refractivity contribution in [2.75, 3.05) is 31.6 Å². The first-order chi connectivity index (χ1) is 13.1. The van der Waals surface area contributed by atoms with Crippen LogP contribution in [0.4, 0.5) is 5.95 Å². The number of fused-ring (bicyclic) bond motifs is 1. The molecule has 3 aromatic heterocycles. The van der Waals surface area contributed by atoms with Crippen molar-refractivity contribution in [3.63, 3.8) is 0 Å². The summed E-state index contributed by atoms with van der Waals surface area (Å²) in [6.45, 7) is 5.80. The number of thiophene rings is 1. The summed E-state index contributed by atoms with van der Waals surface area (Å²) in [5.41, 5.74) is 2.78. The van der Waals surface area contributed by atoms with Gasteiger partial charge in [-0.2, -0.15) is 0 Å². The zero-order chi connectivity index (χ0) is 19.0. The van der Waals surface area contributed by atoms with Crippen molar-refractivity contribution in [1.29, 1.82) is 0 Å². The number of carbonyl (C=O) groups is 1. The Morgan fingerprint density at radius 2 is 2.11 bits per heavy atom. The minimum Gasteiger partial charge on any atom is -0.370 e. The molecule has 7 nitrogen and oxygen atoms in total. The molecule has 1 fully saturated rings. The number of nitrogens with zero attached hydrogens (tertiary/aromatic N) is 4. The maximum absolute atomic E-state index is 12.5. The molecular weight excluding hydrogens is 362 g/mol. The van der Waals surface area contributed by atoms with Crippen LogP contribution in [-0.2, 0) is 4.74 Å². The van der Waals surface area contributed by atoms with Gasteiger partial charge in [-0.25, -0.2) is 15.0 Å². The molecule has 1 aliphatic rings. The smallest absolute Gasteiger partial charge is 0.261 e. The van der Waals surface area contributed by atoms with Gasteiger partial charge in [-0.3, -0.25) is 4.79 Å². The van der Waals surface area contributed by atoms with Crippen LogP contribution in [0.1, 0.15) is 32.7 Å². The summed E-state index contributed by atoms with van der Waals surface area (Å²) in [6, 6.07) is 5.85. The Morgan fingerprint density at radius 3 is 2.85 bits per heavy atom. The van der Waals surface area contributed by atoms with E-state index in [0.29, 0.717) is 24.0 Å². The predicted molar refractivity (Wildman–Crippen MR) is 105 cm³/mol. The summed E-state index contributed by atoms with van der Waals surface area (Å²) in [5, 5.41) is 3.70. The molecule has 1 N–H and O–H groups in total. The van der Waals surface area contributed by atoms with Crippen LogP contribution in [0.2, 0.25) is 0 Å². The zero-order valence-electron chi connectivity index (χ0n) is 15.5. The average Bonchev–Trinajstić information content (AvgIpc) is 3.06. The molecule has 1 aliphatic heterocycles. The summed E-state index contributed by atoms with van der Waals surface area (Å²) in [5.74, 6) is 0.594. The molecule has 140 valence electrons. The molecule has 0 unspecified atom stereocenters. The average molecular weight is 383 g/mol. The van der Waals surface area contributed by atoms with Gasteiger partial charge in [0.1, 0.15) is 15.8 Å². The lowest BCUT2D eigenvalue weighted by Crippen LogP contribution is -2.40. The van der Waals surface area contributed by atoms with Gasteiger partial charge in [0.2, 0.25) is 5.95 Å². The Balaban J connectivity index is 1.74. The first-order valence-electron chi connectivity index (χ1n) is 8.85. The number of morpholine rings is 1. The van der Waals surface area contributed by atoms with Crippen molar-refractivity contribution < 1.29 is 9.53 Å². The summed E-state index contributed by atoms with van der Waals surface area (Å²) in [7, 11) is 1.64. The van der Waals surface area contributed by atoms with E-state index in [4.69, 9.17) is 4.74 Å². The number of pyridine rings is 1. The van der Waals surface area contributed by atoms with Gasteiger partial charge in [0, 0.05) is 42.1 Å². The Hall–Kier alpha value is -2.58. The van der Waals surface area contributed by atoms with E-state index in [1.807, 2.05) is 32.0 Å². The fourth-order valence-electron chi connectivity index (χ4n) is 3.41. The van der Waals surface area contributed by atoms with E-state index in [9.17, 15) is 4.79 Å². The normalized spacial score (nSPS) is 17.3. The van der Waals surface area contributed by atoms with Gasteiger partial charge in [0.25, 0.3) is 5.91 Å².